The molecule has 2 atom stereocenters. The van der Waals surface area contributed by atoms with Crippen LogP contribution in [0.4, 0.5) is 0 Å². The van der Waals surface area contributed by atoms with Crippen LogP contribution in [0.25, 0.3) is 0 Å². The summed E-state index contributed by atoms with van der Waals surface area (Å²) in [6.45, 7) is 5.35. The zero-order chi connectivity index (χ0) is 35.6. The van der Waals surface area contributed by atoms with E-state index in [4.69, 9.17) is 18.5 Å². The average molecular weight is 697 g/mol. The number of likely N-dealkylation sites (N-methyl/N-ethyl adjacent to an activating group) is 1. The van der Waals surface area contributed by atoms with Crippen molar-refractivity contribution in [1.82, 2.24) is 0 Å². The molecule has 0 aromatic carbocycles. The number of allylic oxidation sites excluding steroid dienone is 10. The van der Waals surface area contributed by atoms with Gasteiger partial charge >= 0.3 is 13.8 Å². The Kier molecular flexibility index (Phi) is 31.2. The first kappa shape index (κ1) is 46.2. The van der Waals surface area contributed by atoms with Crippen molar-refractivity contribution in [3.8, 4) is 0 Å². The molecule has 0 bridgehead atoms. The molecule has 0 heterocycles. The van der Waals surface area contributed by atoms with E-state index in [1.807, 2.05) is 21.1 Å². The second-order valence-corrected chi connectivity index (χ2v) is 14.7. The highest BCUT2D eigenvalue weighted by Gasteiger charge is 2.26. The molecule has 0 fully saturated rings. The molecule has 0 rings (SSSR count). The van der Waals surface area contributed by atoms with Crippen molar-refractivity contribution in [2.75, 3.05) is 54.1 Å². The number of quaternary nitrogens is 1. The number of unbranched alkanes of at least 4 members (excludes halogenated alkanes) is 9. The van der Waals surface area contributed by atoms with Crippen LogP contribution in [0.3, 0.4) is 0 Å². The quantitative estimate of drug-likeness (QED) is 0.0240. The summed E-state index contributed by atoms with van der Waals surface area (Å²) in [5, 5.41) is 0. The molecule has 0 aromatic rings. The first-order valence-electron chi connectivity index (χ1n) is 18.5. The lowest BCUT2D eigenvalue weighted by Crippen LogP contribution is -2.37. The van der Waals surface area contributed by atoms with E-state index in [2.05, 4.69) is 74.6 Å². The molecule has 0 aromatic heterocycles. The van der Waals surface area contributed by atoms with Gasteiger partial charge < -0.3 is 18.9 Å². The monoisotopic (exact) mass is 696 g/mol. The number of phosphoric ester groups is 1. The predicted octanol–water partition coefficient (Wildman–Crippen LogP) is 10.2. The van der Waals surface area contributed by atoms with E-state index in [1.165, 1.54) is 19.3 Å². The second-order valence-electron chi connectivity index (χ2n) is 13.2. The summed E-state index contributed by atoms with van der Waals surface area (Å²) in [5.41, 5.74) is 0. The first-order chi connectivity index (χ1) is 23.1. The summed E-state index contributed by atoms with van der Waals surface area (Å²) >= 11 is 0. The van der Waals surface area contributed by atoms with Gasteiger partial charge in [-0.3, -0.25) is 13.8 Å². The second kappa shape index (κ2) is 32.4. The van der Waals surface area contributed by atoms with E-state index in [9.17, 15) is 14.3 Å². The molecule has 0 radical (unpaired) electrons. The summed E-state index contributed by atoms with van der Waals surface area (Å²) in [5.74, 6) is -0.337. The number of carbonyl (C=O) groups is 1. The van der Waals surface area contributed by atoms with Crippen molar-refractivity contribution in [2.45, 2.75) is 129 Å². The van der Waals surface area contributed by atoms with Crippen LogP contribution in [0.1, 0.15) is 123 Å². The number of ether oxygens (including phenoxy) is 2. The number of carbonyl (C=O) groups excluding carboxylic acids is 1. The lowest BCUT2D eigenvalue weighted by atomic mass is 10.1. The SMILES string of the molecule is CC/C=C\C/C=C\C/C=C\C/C=C\C/C=C\CCCCCCOCC(COP(=O)(O)OCC[N+](C)(C)C)OC(=O)CCCCCCCC. The zero-order valence-electron chi connectivity index (χ0n) is 31.2. The number of nitrogens with zero attached hydrogens (tertiary/aromatic N) is 1. The molecule has 0 aliphatic carbocycles. The minimum atomic E-state index is -4.27. The number of phosphoric acid groups is 1. The lowest BCUT2D eigenvalue weighted by Gasteiger charge is -2.24. The first-order valence-corrected chi connectivity index (χ1v) is 20.0. The normalized spacial score (nSPS) is 14.7. The molecule has 0 saturated heterocycles. The van der Waals surface area contributed by atoms with Crippen LogP contribution < -0.4 is 0 Å². The molecular formula is C39H71NO7P+. The molecule has 0 aliphatic rings. The van der Waals surface area contributed by atoms with Crippen molar-refractivity contribution < 1.29 is 37.3 Å². The van der Waals surface area contributed by atoms with E-state index in [0.29, 0.717) is 24.1 Å². The summed E-state index contributed by atoms with van der Waals surface area (Å²) in [6, 6.07) is 0. The summed E-state index contributed by atoms with van der Waals surface area (Å²) in [7, 11) is 1.64. The lowest BCUT2D eigenvalue weighted by molar-refractivity contribution is -0.870. The summed E-state index contributed by atoms with van der Waals surface area (Å²) in [4.78, 5) is 22.6. The van der Waals surface area contributed by atoms with Crippen LogP contribution >= 0.6 is 7.82 Å². The zero-order valence-corrected chi connectivity index (χ0v) is 32.1. The fourth-order valence-electron chi connectivity index (χ4n) is 4.46. The maximum Gasteiger partial charge on any atom is 0.472 e. The maximum absolute atomic E-state index is 12.5. The fraction of sp³-hybridized carbons (Fsp3) is 0.718. The predicted molar refractivity (Wildman–Crippen MR) is 201 cm³/mol. The van der Waals surface area contributed by atoms with Gasteiger partial charge in [-0.25, -0.2) is 4.57 Å². The Balaban J connectivity index is 4.23. The highest BCUT2D eigenvalue weighted by molar-refractivity contribution is 7.47. The third kappa shape index (κ3) is 35.5. The Morgan fingerprint density at radius 2 is 1.21 bits per heavy atom. The Bertz CT molecular complexity index is 952. The van der Waals surface area contributed by atoms with Crippen molar-refractivity contribution in [2.24, 2.45) is 0 Å². The standard InChI is InChI=1S/C39H70NO7P/c1-6-8-10-12-14-15-16-17-18-19-20-21-22-23-24-25-26-27-29-31-34-44-36-38(47-39(41)32-30-28-13-11-9-7-2)37-46-48(42,43)45-35-33-40(3,4)5/h8,10,14-15,17-18,20-21,23-24,38H,6-7,9,11-13,16,19,22,25-37H2,1-5H3/p+1/b10-8-,15-14-,18-17-,21-20-,24-23-. The maximum atomic E-state index is 12.5. The van der Waals surface area contributed by atoms with Crippen LogP contribution in [0, 0.1) is 0 Å². The molecule has 0 amide bonds. The van der Waals surface area contributed by atoms with E-state index >= 15 is 0 Å². The largest absolute Gasteiger partial charge is 0.472 e. The van der Waals surface area contributed by atoms with Crippen LogP contribution in [-0.2, 0) is 27.9 Å². The molecule has 1 N–H and O–H groups in total. The van der Waals surface area contributed by atoms with Gasteiger partial charge in [0.05, 0.1) is 34.4 Å². The third-order valence-electron chi connectivity index (χ3n) is 7.34. The van der Waals surface area contributed by atoms with Crippen LogP contribution in [0.2, 0.25) is 0 Å². The van der Waals surface area contributed by atoms with Crippen LogP contribution in [0.15, 0.2) is 60.8 Å². The fourth-order valence-corrected chi connectivity index (χ4v) is 5.20. The molecule has 0 aliphatic heterocycles. The molecule has 0 spiro atoms. The van der Waals surface area contributed by atoms with E-state index in [0.717, 1.165) is 83.5 Å². The van der Waals surface area contributed by atoms with Crippen molar-refractivity contribution in [3.63, 3.8) is 0 Å². The van der Waals surface area contributed by atoms with Crippen LogP contribution in [0.5, 0.6) is 0 Å². The number of hydrogen-bond donors (Lipinski definition) is 1. The summed E-state index contributed by atoms with van der Waals surface area (Å²) in [6.07, 6.45) is 38.5. The van der Waals surface area contributed by atoms with Crippen molar-refractivity contribution >= 4 is 13.8 Å². The van der Waals surface area contributed by atoms with Crippen molar-refractivity contribution in [1.29, 1.82) is 0 Å². The molecule has 2 unspecified atom stereocenters. The van der Waals surface area contributed by atoms with Gasteiger partial charge in [0.1, 0.15) is 19.3 Å². The van der Waals surface area contributed by atoms with Gasteiger partial charge in [0.2, 0.25) is 0 Å². The molecule has 278 valence electrons. The Labute approximate surface area is 294 Å². The van der Waals surface area contributed by atoms with Gasteiger partial charge in [0.25, 0.3) is 0 Å². The van der Waals surface area contributed by atoms with Gasteiger partial charge in [-0.05, 0) is 57.8 Å². The molecule has 48 heavy (non-hydrogen) atoms. The Hall–Kier alpha value is -1.80. The highest BCUT2D eigenvalue weighted by Crippen LogP contribution is 2.43. The number of hydrogen-bond acceptors (Lipinski definition) is 6. The minimum Gasteiger partial charge on any atom is -0.457 e. The van der Waals surface area contributed by atoms with Gasteiger partial charge in [-0.1, -0.05) is 120 Å². The van der Waals surface area contributed by atoms with Gasteiger partial charge in [0.15, 0.2) is 0 Å². The Morgan fingerprint density at radius 3 is 1.81 bits per heavy atom. The number of esters is 1. The molecule has 9 heteroatoms. The average Bonchev–Trinajstić information content (AvgIpc) is 3.03. The Morgan fingerprint density at radius 1 is 0.667 bits per heavy atom. The summed E-state index contributed by atoms with van der Waals surface area (Å²) < 4.78 is 34.6. The molecule has 8 nitrogen and oxygen atoms in total. The van der Waals surface area contributed by atoms with Crippen molar-refractivity contribution in [3.05, 3.63) is 60.8 Å². The topological polar surface area (TPSA) is 91.3 Å². The molecular weight excluding hydrogens is 625 g/mol. The molecule has 0 saturated carbocycles. The number of rotatable bonds is 33. The van der Waals surface area contributed by atoms with Crippen LogP contribution in [-0.4, -0.2) is 75.6 Å². The van der Waals surface area contributed by atoms with E-state index in [1.54, 1.807) is 0 Å². The minimum absolute atomic E-state index is 0.0807. The van der Waals surface area contributed by atoms with Gasteiger partial charge in [-0.15, -0.1) is 0 Å². The van der Waals surface area contributed by atoms with E-state index in [-0.39, 0.29) is 25.8 Å². The third-order valence-corrected chi connectivity index (χ3v) is 8.33. The van der Waals surface area contributed by atoms with Gasteiger partial charge in [-0.2, -0.15) is 0 Å². The smallest absolute Gasteiger partial charge is 0.457 e. The van der Waals surface area contributed by atoms with E-state index < -0.39 is 13.9 Å². The van der Waals surface area contributed by atoms with Gasteiger partial charge in [0, 0.05) is 13.0 Å². The highest BCUT2D eigenvalue weighted by atomic mass is 31.2.